The number of anilines is 1. The fourth-order valence-corrected chi connectivity index (χ4v) is 3.05. The standard InChI is InChI=1S/C15H18BrF2NO2/c1-2-21-14(20)7-10-3-5-19(6-4-10)15-12(17)8-11(16)9-13(15)18/h8-10H,2-7H2,1H3. The van der Waals surface area contributed by atoms with Crippen molar-refractivity contribution in [2.75, 3.05) is 24.6 Å². The average molecular weight is 362 g/mol. The third-order valence-electron chi connectivity index (χ3n) is 3.67. The predicted octanol–water partition coefficient (Wildman–Crippen LogP) is 3.90. The Morgan fingerprint density at radius 2 is 1.90 bits per heavy atom. The van der Waals surface area contributed by atoms with Crippen LogP contribution in [-0.2, 0) is 9.53 Å². The molecule has 0 atom stereocenters. The van der Waals surface area contributed by atoms with E-state index in [1.807, 2.05) is 0 Å². The van der Waals surface area contributed by atoms with Gasteiger partial charge in [0.2, 0.25) is 0 Å². The summed E-state index contributed by atoms with van der Waals surface area (Å²) in [5.41, 5.74) is 0.0211. The molecule has 1 aromatic carbocycles. The van der Waals surface area contributed by atoms with Crippen molar-refractivity contribution in [3.05, 3.63) is 28.2 Å². The molecular formula is C15H18BrF2NO2. The van der Waals surface area contributed by atoms with Crippen molar-refractivity contribution in [2.24, 2.45) is 5.92 Å². The lowest BCUT2D eigenvalue weighted by atomic mass is 9.93. The van der Waals surface area contributed by atoms with Crippen molar-refractivity contribution >= 4 is 27.6 Å². The molecule has 0 aliphatic carbocycles. The van der Waals surface area contributed by atoms with Crippen LogP contribution in [0.25, 0.3) is 0 Å². The van der Waals surface area contributed by atoms with Crippen LogP contribution in [0.4, 0.5) is 14.5 Å². The van der Waals surface area contributed by atoms with Crippen LogP contribution in [0.2, 0.25) is 0 Å². The SMILES string of the molecule is CCOC(=O)CC1CCN(c2c(F)cc(Br)cc2F)CC1. The number of hydrogen-bond acceptors (Lipinski definition) is 3. The molecule has 116 valence electrons. The van der Waals surface area contributed by atoms with E-state index < -0.39 is 11.6 Å². The minimum absolute atomic E-state index is 0.0211. The third-order valence-corrected chi connectivity index (χ3v) is 4.13. The van der Waals surface area contributed by atoms with Gasteiger partial charge in [-0.3, -0.25) is 4.79 Å². The molecule has 21 heavy (non-hydrogen) atoms. The van der Waals surface area contributed by atoms with E-state index in [1.54, 1.807) is 11.8 Å². The first kappa shape index (κ1) is 16.2. The molecule has 0 amide bonds. The Morgan fingerprint density at radius 1 is 1.33 bits per heavy atom. The van der Waals surface area contributed by atoms with E-state index in [-0.39, 0.29) is 17.6 Å². The molecule has 0 aromatic heterocycles. The maximum atomic E-state index is 13.9. The van der Waals surface area contributed by atoms with Crippen LogP contribution in [0.15, 0.2) is 16.6 Å². The zero-order valence-corrected chi connectivity index (χ0v) is 13.5. The van der Waals surface area contributed by atoms with Gasteiger partial charge in [0.05, 0.1) is 6.61 Å². The van der Waals surface area contributed by atoms with Gasteiger partial charge in [0, 0.05) is 24.0 Å². The number of nitrogens with zero attached hydrogens (tertiary/aromatic N) is 1. The molecule has 3 nitrogen and oxygen atoms in total. The predicted molar refractivity (Wildman–Crippen MR) is 80.2 cm³/mol. The lowest BCUT2D eigenvalue weighted by molar-refractivity contribution is -0.144. The van der Waals surface area contributed by atoms with Gasteiger partial charge < -0.3 is 9.64 Å². The quantitative estimate of drug-likeness (QED) is 0.761. The van der Waals surface area contributed by atoms with Gasteiger partial charge in [0.25, 0.3) is 0 Å². The highest BCUT2D eigenvalue weighted by atomic mass is 79.9. The first-order valence-corrected chi connectivity index (χ1v) is 7.85. The van der Waals surface area contributed by atoms with Crippen LogP contribution < -0.4 is 4.90 Å². The highest BCUT2D eigenvalue weighted by molar-refractivity contribution is 9.10. The van der Waals surface area contributed by atoms with Crippen LogP contribution in [0, 0.1) is 17.6 Å². The summed E-state index contributed by atoms with van der Waals surface area (Å²) in [5, 5.41) is 0. The molecule has 2 rings (SSSR count). The van der Waals surface area contributed by atoms with Crippen molar-refractivity contribution in [3.63, 3.8) is 0 Å². The van der Waals surface area contributed by atoms with Crippen LogP contribution in [0.5, 0.6) is 0 Å². The van der Waals surface area contributed by atoms with Crippen LogP contribution in [0.3, 0.4) is 0 Å². The monoisotopic (exact) mass is 361 g/mol. The zero-order chi connectivity index (χ0) is 15.4. The molecule has 0 N–H and O–H groups in total. The van der Waals surface area contributed by atoms with Gasteiger partial charge in [-0.1, -0.05) is 15.9 Å². The molecule has 0 radical (unpaired) electrons. The Morgan fingerprint density at radius 3 is 2.43 bits per heavy atom. The normalized spacial score (nSPS) is 16.1. The number of piperidine rings is 1. The van der Waals surface area contributed by atoms with Gasteiger partial charge in [-0.2, -0.15) is 0 Å². The highest BCUT2D eigenvalue weighted by Crippen LogP contribution is 2.31. The third kappa shape index (κ3) is 4.15. The summed E-state index contributed by atoms with van der Waals surface area (Å²) in [6.07, 6.45) is 1.84. The summed E-state index contributed by atoms with van der Waals surface area (Å²) >= 11 is 3.07. The Labute approximate surface area is 131 Å². The summed E-state index contributed by atoms with van der Waals surface area (Å²) in [5.74, 6) is -1.10. The van der Waals surface area contributed by atoms with Crippen LogP contribution >= 0.6 is 15.9 Å². The van der Waals surface area contributed by atoms with E-state index in [0.717, 1.165) is 12.8 Å². The topological polar surface area (TPSA) is 29.5 Å². The Hall–Kier alpha value is -1.17. The molecule has 0 saturated carbocycles. The molecule has 1 aliphatic rings. The Kier molecular flexibility index (Phi) is 5.56. The minimum Gasteiger partial charge on any atom is -0.466 e. The van der Waals surface area contributed by atoms with E-state index in [9.17, 15) is 13.6 Å². The van der Waals surface area contributed by atoms with Gasteiger partial charge in [0.15, 0.2) is 11.6 Å². The van der Waals surface area contributed by atoms with Gasteiger partial charge in [-0.05, 0) is 37.8 Å². The number of carbonyl (C=O) groups is 1. The van der Waals surface area contributed by atoms with Crippen molar-refractivity contribution in [2.45, 2.75) is 26.2 Å². The summed E-state index contributed by atoms with van der Waals surface area (Å²) < 4.78 is 33.2. The van der Waals surface area contributed by atoms with Gasteiger partial charge in [-0.15, -0.1) is 0 Å². The van der Waals surface area contributed by atoms with Crippen molar-refractivity contribution in [1.29, 1.82) is 0 Å². The first-order valence-electron chi connectivity index (χ1n) is 7.06. The number of halogens is 3. The molecule has 6 heteroatoms. The van der Waals surface area contributed by atoms with E-state index in [0.29, 0.717) is 30.6 Å². The second-order valence-electron chi connectivity index (χ2n) is 5.16. The molecular weight excluding hydrogens is 344 g/mol. The van der Waals surface area contributed by atoms with E-state index >= 15 is 0 Å². The number of carbonyl (C=O) groups excluding carboxylic acids is 1. The summed E-state index contributed by atoms with van der Waals surface area (Å²) in [6.45, 7) is 3.24. The molecule has 1 fully saturated rings. The number of esters is 1. The smallest absolute Gasteiger partial charge is 0.306 e. The zero-order valence-electron chi connectivity index (χ0n) is 11.9. The second kappa shape index (κ2) is 7.20. The van der Waals surface area contributed by atoms with Crippen molar-refractivity contribution < 1.29 is 18.3 Å². The maximum Gasteiger partial charge on any atom is 0.306 e. The molecule has 1 aliphatic heterocycles. The Balaban J connectivity index is 1.97. The number of benzene rings is 1. The molecule has 1 heterocycles. The van der Waals surface area contributed by atoms with Gasteiger partial charge in [-0.25, -0.2) is 8.78 Å². The van der Waals surface area contributed by atoms with E-state index in [2.05, 4.69) is 15.9 Å². The van der Waals surface area contributed by atoms with E-state index in [4.69, 9.17) is 4.74 Å². The number of rotatable bonds is 4. The average Bonchev–Trinajstić information content (AvgIpc) is 2.39. The van der Waals surface area contributed by atoms with Crippen molar-refractivity contribution in [3.8, 4) is 0 Å². The Bertz CT molecular complexity index is 493. The highest BCUT2D eigenvalue weighted by Gasteiger charge is 2.25. The summed E-state index contributed by atoms with van der Waals surface area (Å²) in [7, 11) is 0. The van der Waals surface area contributed by atoms with Gasteiger partial charge in [0.1, 0.15) is 5.69 Å². The molecule has 0 spiro atoms. The number of ether oxygens (including phenoxy) is 1. The van der Waals surface area contributed by atoms with E-state index in [1.165, 1.54) is 12.1 Å². The fourth-order valence-electron chi connectivity index (χ4n) is 2.65. The van der Waals surface area contributed by atoms with Crippen molar-refractivity contribution in [1.82, 2.24) is 0 Å². The lowest BCUT2D eigenvalue weighted by Gasteiger charge is -2.33. The van der Waals surface area contributed by atoms with Crippen LogP contribution in [-0.4, -0.2) is 25.7 Å². The molecule has 0 unspecified atom stereocenters. The lowest BCUT2D eigenvalue weighted by Crippen LogP contribution is -2.35. The summed E-state index contributed by atoms with van der Waals surface area (Å²) in [6, 6.07) is 2.53. The largest absolute Gasteiger partial charge is 0.466 e. The second-order valence-corrected chi connectivity index (χ2v) is 6.07. The maximum absolute atomic E-state index is 13.9. The number of hydrogen-bond donors (Lipinski definition) is 0. The minimum atomic E-state index is -0.564. The molecule has 1 saturated heterocycles. The molecule has 0 bridgehead atoms. The molecule has 1 aromatic rings. The first-order chi connectivity index (χ1) is 10.0. The fraction of sp³-hybridized carbons (Fsp3) is 0.533. The van der Waals surface area contributed by atoms with Crippen LogP contribution in [0.1, 0.15) is 26.2 Å². The summed E-state index contributed by atoms with van der Waals surface area (Å²) in [4.78, 5) is 13.2. The van der Waals surface area contributed by atoms with Gasteiger partial charge >= 0.3 is 5.97 Å².